The topological polar surface area (TPSA) is 84.9 Å². The summed E-state index contributed by atoms with van der Waals surface area (Å²) in [7, 11) is 0. The number of carbonyl (C=O) groups excluding carboxylic acids is 1. The number of anilines is 1. The first kappa shape index (κ1) is 18.9. The number of carboxylic acids is 1. The van der Waals surface area contributed by atoms with E-state index in [1.807, 2.05) is 0 Å². The molecule has 0 fully saturated rings. The van der Waals surface area contributed by atoms with E-state index in [2.05, 4.69) is 22.2 Å². The molecule has 0 heterocycles. The number of hydrogen-bond donors (Lipinski definition) is 2. The van der Waals surface area contributed by atoms with E-state index in [1.54, 1.807) is 57.2 Å². The minimum atomic E-state index is -1.06. The number of ether oxygens (including phenoxy) is 2. The molecule has 7 heteroatoms. The second-order valence-corrected chi connectivity index (χ2v) is 7.32. The van der Waals surface area contributed by atoms with Crippen molar-refractivity contribution in [3.8, 4) is 11.5 Å². The standard InChI is InChI=1S/C18H18AsNO5/c1-18(2,3)25-17(23)20-12-5-7-13(8-6-12)24-15-9-4-11(19)10-14(15)16(21)22/h4-10H,1-3H3,(H,20,23)(H,21,22). The van der Waals surface area contributed by atoms with Crippen molar-refractivity contribution in [1.29, 1.82) is 0 Å². The van der Waals surface area contributed by atoms with Crippen molar-refractivity contribution in [3.05, 3.63) is 48.0 Å². The third kappa shape index (κ3) is 5.84. The Bertz CT molecular complexity index is 781. The van der Waals surface area contributed by atoms with Crippen molar-refractivity contribution in [2.45, 2.75) is 26.4 Å². The zero-order chi connectivity index (χ0) is 18.6. The molecule has 0 aliphatic heterocycles. The first-order valence-electron chi connectivity index (χ1n) is 7.48. The monoisotopic (exact) mass is 403 g/mol. The van der Waals surface area contributed by atoms with Crippen molar-refractivity contribution < 1.29 is 24.2 Å². The Morgan fingerprint density at radius 3 is 2.28 bits per heavy atom. The molecule has 0 aliphatic rings. The van der Waals surface area contributed by atoms with Gasteiger partial charge in [0.05, 0.1) is 0 Å². The Labute approximate surface area is 154 Å². The number of benzene rings is 2. The summed E-state index contributed by atoms with van der Waals surface area (Å²) in [4.78, 5) is 23.0. The molecule has 2 aromatic carbocycles. The molecule has 6 nitrogen and oxygen atoms in total. The molecule has 0 aromatic heterocycles. The molecule has 0 spiro atoms. The van der Waals surface area contributed by atoms with Crippen LogP contribution in [-0.2, 0) is 4.74 Å². The summed E-state index contributed by atoms with van der Waals surface area (Å²) >= 11 is 2.29. The minimum absolute atomic E-state index is 0.0779. The van der Waals surface area contributed by atoms with E-state index in [1.165, 1.54) is 6.07 Å². The fraction of sp³-hybridized carbons (Fsp3) is 0.222. The Hall–Kier alpha value is -2.46. The van der Waals surface area contributed by atoms with Gasteiger partial charge >= 0.3 is 128 Å². The number of carboxylic acid groups (broad SMARTS) is 1. The van der Waals surface area contributed by atoms with Crippen molar-refractivity contribution in [2.75, 3.05) is 5.32 Å². The fourth-order valence-electron chi connectivity index (χ4n) is 1.93. The zero-order valence-electron chi connectivity index (χ0n) is 14.1. The predicted octanol–water partition coefficient (Wildman–Crippen LogP) is 3.32. The number of carbonyl (C=O) groups is 2. The van der Waals surface area contributed by atoms with Crippen LogP contribution in [0.3, 0.4) is 0 Å². The average molecular weight is 403 g/mol. The van der Waals surface area contributed by atoms with Gasteiger partial charge in [-0.2, -0.15) is 0 Å². The van der Waals surface area contributed by atoms with Crippen LogP contribution in [0, 0.1) is 0 Å². The third-order valence-electron chi connectivity index (χ3n) is 2.92. The van der Waals surface area contributed by atoms with Gasteiger partial charge in [-0.15, -0.1) is 0 Å². The van der Waals surface area contributed by atoms with E-state index in [9.17, 15) is 14.7 Å². The van der Waals surface area contributed by atoms with Gasteiger partial charge in [-0.3, -0.25) is 0 Å². The first-order chi connectivity index (χ1) is 11.6. The van der Waals surface area contributed by atoms with Crippen molar-refractivity contribution >= 4 is 39.0 Å². The van der Waals surface area contributed by atoms with Crippen molar-refractivity contribution in [2.24, 2.45) is 0 Å². The van der Waals surface area contributed by atoms with Crippen LogP contribution in [0.2, 0.25) is 0 Å². The Balaban J connectivity index is 2.09. The summed E-state index contributed by atoms with van der Waals surface area (Å²) in [6.07, 6.45) is -0.550. The van der Waals surface area contributed by atoms with Crippen LogP contribution >= 0.6 is 0 Å². The molecule has 0 saturated heterocycles. The quantitative estimate of drug-likeness (QED) is 0.766. The maximum absolute atomic E-state index is 11.7. The molecule has 0 unspecified atom stereocenters. The molecule has 1 amide bonds. The van der Waals surface area contributed by atoms with Gasteiger partial charge in [-0.1, -0.05) is 0 Å². The Morgan fingerprint density at radius 2 is 1.72 bits per heavy atom. The first-order valence-corrected chi connectivity index (χ1v) is 8.42. The van der Waals surface area contributed by atoms with Crippen LogP contribution in [0.5, 0.6) is 11.5 Å². The number of hydrogen-bond acceptors (Lipinski definition) is 4. The van der Waals surface area contributed by atoms with Gasteiger partial charge in [0, 0.05) is 0 Å². The maximum atomic E-state index is 11.7. The molecule has 0 atom stereocenters. The summed E-state index contributed by atoms with van der Waals surface area (Å²) in [6, 6.07) is 11.4. The van der Waals surface area contributed by atoms with Crippen molar-refractivity contribution in [3.63, 3.8) is 0 Å². The zero-order valence-corrected chi connectivity index (χ0v) is 15.9. The van der Waals surface area contributed by atoms with Crippen LogP contribution < -0.4 is 14.4 Å². The molecule has 25 heavy (non-hydrogen) atoms. The van der Waals surface area contributed by atoms with E-state index in [0.717, 1.165) is 4.35 Å². The van der Waals surface area contributed by atoms with Crippen LogP contribution in [0.1, 0.15) is 31.1 Å². The van der Waals surface area contributed by atoms with E-state index in [4.69, 9.17) is 9.47 Å². The molecule has 2 aromatic rings. The summed E-state index contributed by atoms with van der Waals surface area (Å²) in [6.45, 7) is 5.35. The fourth-order valence-corrected chi connectivity index (χ4v) is 2.36. The van der Waals surface area contributed by atoms with Crippen LogP contribution in [0.4, 0.5) is 10.5 Å². The number of amides is 1. The third-order valence-corrected chi connectivity index (χ3v) is 3.50. The molecule has 0 aliphatic carbocycles. The SMILES string of the molecule is CC(C)(C)OC(=O)Nc1ccc(Oc2ccc([As])cc2C(=O)O)cc1. The normalized spacial score (nSPS) is 10.9. The Morgan fingerprint density at radius 1 is 1.08 bits per heavy atom. The van der Waals surface area contributed by atoms with E-state index in [0.29, 0.717) is 11.4 Å². The van der Waals surface area contributed by atoms with Gasteiger partial charge < -0.3 is 0 Å². The second-order valence-electron chi connectivity index (χ2n) is 6.24. The van der Waals surface area contributed by atoms with Crippen LogP contribution in [0.25, 0.3) is 0 Å². The summed E-state index contributed by atoms with van der Waals surface area (Å²) in [5, 5.41) is 11.9. The van der Waals surface area contributed by atoms with Gasteiger partial charge in [0.2, 0.25) is 0 Å². The number of aromatic carboxylic acids is 1. The van der Waals surface area contributed by atoms with E-state index >= 15 is 0 Å². The van der Waals surface area contributed by atoms with Gasteiger partial charge in [0.1, 0.15) is 5.60 Å². The molecular weight excluding hydrogens is 385 g/mol. The Kier molecular flexibility index (Phi) is 5.75. The molecule has 0 saturated carbocycles. The van der Waals surface area contributed by atoms with Crippen LogP contribution in [0.15, 0.2) is 42.5 Å². The number of rotatable bonds is 4. The summed E-state index contributed by atoms with van der Waals surface area (Å²) in [5.74, 6) is -0.364. The summed E-state index contributed by atoms with van der Waals surface area (Å²) < 4.78 is 11.6. The average Bonchev–Trinajstić information content (AvgIpc) is 2.49. The van der Waals surface area contributed by atoms with Crippen molar-refractivity contribution in [1.82, 2.24) is 0 Å². The van der Waals surface area contributed by atoms with E-state index in [-0.39, 0.29) is 11.3 Å². The summed E-state index contributed by atoms with van der Waals surface area (Å²) in [5.41, 5.74) is 0.0418. The van der Waals surface area contributed by atoms with Gasteiger partial charge in [-0.25, -0.2) is 0 Å². The second kappa shape index (κ2) is 7.62. The van der Waals surface area contributed by atoms with Gasteiger partial charge in [0.15, 0.2) is 0 Å². The predicted molar refractivity (Wildman–Crippen MR) is 95.2 cm³/mol. The molecule has 2 rings (SSSR count). The van der Waals surface area contributed by atoms with Gasteiger partial charge in [0.25, 0.3) is 0 Å². The molecule has 2 N–H and O–H groups in total. The van der Waals surface area contributed by atoms with Gasteiger partial charge in [-0.05, 0) is 20.8 Å². The molecule has 2 radical (unpaired) electrons. The van der Waals surface area contributed by atoms with Crippen LogP contribution in [-0.4, -0.2) is 39.6 Å². The molecular formula is C18H18AsNO5. The number of nitrogens with one attached hydrogen (secondary N) is 1. The van der Waals surface area contributed by atoms with E-state index < -0.39 is 17.7 Å². The molecule has 130 valence electrons. The molecule has 0 bridgehead atoms.